The fourth-order valence-corrected chi connectivity index (χ4v) is 15.0. The van der Waals surface area contributed by atoms with Crippen molar-refractivity contribution in [2.45, 2.75) is 0 Å². The summed E-state index contributed by atoms with van der Waals surface area (Å²) in [4.78, 5) is 0. The Morgan fingerprint density at radius 1 is 0.724 bits per heavy atom. The maximum Gasteiger partial charge on any atom is 0.432 e. The van der Waals surface area contributed by atoms with E-state index in [1.807, 2.05) is 0 Å². The summed E-state index contributed by atoms with van der Waals surface area (Å²) in [6.07, 6.45) is 1.82. The predicted molar refractivity (Wildman–Crippen MR) is 97.1 cm³/mol. The van der Waals surface area contributed by atoms with Gasteiger partial charge in [0, 0.05) is 0 Å². The fraction of sp³-hybridized carbons (Fsp3) is 1.00. The Balaban J connectivity index is 2.03. The Morgan fingerprint density at radius 3 is 1.28 bits per heavy atom. The Hall–Kier alpha value is 1.04. The maximum atomic E-state index is 12.5. The van der Waals surface area contributed by atoms with Gasteiger partial charge in [-0.1, -0.05) is 0 Å². The molecule has 29 heavy (non-hydrogen) atoms. The van der Waals surface area contributed by atoms with Gasteiger partial charge in [-0.05, 0) is 0 Å². The molecule has 2 heterocycles. The predicted octanol–water partition coefficient (Wildman–Crippen LogP) is 0.539. The summed E-state index contributed by atoms with van der Waals surface area (Å²) < 4.78 is 135. The molecule has 18 nitrogen and oxygen atoms in total. The zero-order valence-corrected chi connectivity index (χ0v) is 21.0. The van der Waals surface area contributed by atoms with E-state index in [0.29, 0.717) is 18.8 Å². The summed E-state index contributed by atoms with van der Waals surface area (Å²) in [5.41, 5.74) is 0. The molecular formula is C3H12N3O15P5S3. The van der Waals surface area contributed by atoms with Gasteiger partial charge in [-0.3, -0.25) is 0 Å². The number of nitrogens with one attached hydrogen (secondary N) is 3. The molecule has 172 valence electrons. The third-order valence-electron chi connectivity index (χ3n) is 1.88. The zero-order chi connectivity index (χ0) is 22.5. The van der Waals surface area contributed by atoms with E-state index in [9.17, 15) is 38.9 Å². The molecule has 0 spiro atoms. The highest BCUT2D eigenvalue weighted by atomic mass is 32.2. The molecule has 2 aliphatic heterocycles. The molecule has 0 aliphatic carbocycles. The highest BCUT2D eigenvalue weighted by Crippen LogP contribution is 2.84. The lowest BCUT2D eigenvalue weighted by Crippen LogP contribution is -2.27. The first-order valence-electron chi connectivity index (χ1n) is 6.25. The van der Waals surface area contributed by atoms with Crippen molar-refractivity contribution in [2.75, 3.05) is 18.8 Å². The van der Waals surface area contributed by atoms with Crippen molar-refractivity contribution in [2.24, 2.45) is 0 Å². The average Bonchev–Trinajstić information content (AvgIpc) is 2.26. The van der Waals surface area contributed by atoms with Crippen molar-refractivity contribution in [3.63, 3.8) is 0 Å². The first kappa shape index (κ1) is 26.3. The fourth-order valence-electron chi connectivity index (χ4n) is 1.32. The van der Waals surface area contributed by atoms with Crippen LogP contribution in [0.3, 0.4) is 0 Å². The van der Waals surface area contributed by atoms with Gasteiger partial charge in [-0.25, -0.2) is 64.8 Å². The molecule has 0 aromatic carbocycles. The van der Waals surface area contributed by atoms with E-state index in [4.69, 9.17) is 0 Å². The van der Waals surface area contributed by atoms with E-state index < -0.39 is 70.5 Å². The average molecular weight is 581 g/mol. The molecule has 0 aromatic heterocycles. The van der Waals surface area contributed by atoms with Gasteiger partial charge in [0.05, 0.1) is 18.8 Å². The van der Waals surface area contributed by atoms with E-state index in [2.05, 4.69) is 25.9 Å². The Labute approximate surface area is 167 Å². The summed E-state index contributed by atoms with van der Waals surface area (Å²) in [7, 11) is -31.6. The van der Waals surface area contributed by atoms with Gasteiger partial charge in [-0.15, -0.1) is 13.5 Å². The van der Waals surface area contributed by atoms with Gasteiger partial charge in [0.15, 0.2) is 0 Å². The molecule has 3 N–H and O–H groups in total. The van der Waals surface area contributed by atoms with Crippen LogP contribution in [0.2, 0.25) is 0 Å². The van der Waals surface area contributed by atoms with Crippen molar-refractivity contribution in [1.82, 2.24) is 13.5 Å². The minimum absolute atomic E-state index is 0.546. The lowest BCUT2D eigenvalue weighted by molar-refractivity contribution is 0.242. The molecule has 2 saturated heterocycles. The van der Waals surface area contributed by atoms with Crippen molar-refractivity contribution in [3.05, 3.63) is 0 Å². The quantitative estimate of drug-likeness (QED) is 0.298. The number of hydrogen-bond donors (Lipinski definition) is 3. The topological polar surface area (TPSA) is 245 Å². The number of sulfonamides is 3. The van der Waals surface area contributed by atoms with Crippen molar-refractivity contribution in [1.29, 1.82) is 0 Å². The van der Waals surface area contributed by atoms with Crippen LogP contribution in [0.15, 0.2) is 0 Å². The van der Waals surface area contributed by atoms with Crippen LogP contribution in [0.1, 0.15) is 0 Å². The van der Waals surface area contributed by atoms with Crippen molar-refractivity contribution < 1.29 is 64.8 Å². The summed E-state index contributed by atoms with van der Waals surface area (Å²) in [6.45, 7) is 0. The molecule has 0 saturated carbocycles. The van der Waals surface area contributed by atoms with Gasteiger partial charge in [0.1, 0.15) is 0 Å². The Bertz CT molecular complexity index is 1040. The molecule has 2 rings (SSSR count). The monoisotopic (exact) mass is 581 g/mol. The van der Waals surface area contributed by atoms with E-state index in [-0.39, 0.29) is 0 Å². The summed E-state index contributed by atoms with van der Waals surface area (Å²) in [5, 5.41) is 0. The molecule has 0 amide bonds. The summed E-state index contributed by atoms with van der Waals surface area (Å²) in [6, 6.07) is 0. The van der Waals surface area contributed by atoms with Gasteiger partial charge in [0.25, 0.3) is 0 Å². The standard InChI is InChI=1S/C3H12N3O15P5S3/c1-27(10,11)4-24(7)16-22(17-24)20-26(9,6-29(3,14)15)21-23-18-25(8,19-23)5-28(2,12)13/h1-3H3,(H,4,7)(H,5,8)(H,6,9). The smallest absolute Gasteiger partial charge is 0.239 e. The molecule has 0 radical (unpaired) electrons. The minimum Gasteiger partial charge on any atom is -0.239 e. The van der Waals surface area contributed by atoms with E-state index in [1.165, 1.54) is 13.5 Å². The van der Waals surface area contributed by atoms with Gasteiger partial charge in [0.2, 0.25) is 30.1 Å². The lowest BCUT2D eigenvalue weighted by atomic mass is 12.0. The SMILES string of the molecule is CS(=O)(=O)NP1(=O)OP(OP(=O)(NS(C)(=O)=O)OP2OP(=O)(NS(C)(=O)=O)O2)O1. The number of rotatable bonds is 10. The molecule has 0 atom stereocenters. The van der Waals surface area contributed by atoms with Crippen LogP contribution in [-0.4, -0.2) is 44.0 Å². The van der Waals surface area contributed by atoms with Crippen LogP contribution in [0.25, 0.3) is 0 Å². The normalized spacial score (nSPS) is 35.3. The first-order valence-corrected chi connectivity index (χ1v) is 18.7. The Morgan fingerprint density at radius 2 is 1.03 bits per heavy atom. The second kappa shape index (κ2) is 8.43. The maximum absolute atomic E-state index is 12.5. The molecule has 26 heteroatoms. The highest BCUT2D eigenvalue weighted by Gasteiger charge is 2.56. The van der Waals surface area contributed by atoms with Crippen LogP contribution in [0, 0.1) is 0 Å². The highest BCUT2D eigenvalue weighted by molar-refractivity contribution is 7.98. The third kappa shape index (κ3) is 8.83. The van der Waals surface area contributed by atoms with E-state index in [1.54, 1.807) is 0 Å². The minimum atomic E-state index is -4.98. The van der Waals surface area contributed by atoms with Crippen LogP contribution in [0.5, 0.6) is 0 Å². The third-order valence-corrected chi connectivity index (χ3v) is 16.9. The molecule has 0 aromatic rings. The van der Waals surface area contributed by atoms with Crippen molar-refractivity contribution >= 4 is 70.5 Å². The van der Waals surface area contributed by atoms with Gasteiger partial charge >= 0.3 is 40.4 Å². The zero-order valence-electron chi connectivity index (χ0n) is 14.1. The second-order valence-electron chi connectivity index (χ2n) is 5.02. The van der Waals surface area contributed by atoms with Gasteiger partial charge in [-0.2, -0.15) is 0 Å². The van der Waals surface area contributed by atoms with E-state index >= 15 is 0 Å². The first-order chi connectivity index (χ1) is 12.7. The second-order valence-corrected chi connectivity index (χ2v) is 19.6. The molecule has 2 aliphatic rings. The van der Waals surface area contributed by atoms with Crippen molar-refractivity contribution in [3.8, 4) is 0 Å². The lowest BCUT2D eigenvalue weighted by Gasteiger charge is -2.35. The molecule has 0 bridgehead atoms. The summed E-state index contributed by atoms with van der Waals surface area (Å²) >= 11 is 0. The molecule has 2 fully saturated rings. The van der Waals surface area contributed by atoms with Gasteiger partial charge < -0.3 is 0 Å². The van der Waals surface area contributed by atoms with Crippen LogP contribution in [0.4, 0.5) is 0 Å². The number of hydrogen-bond acceptors (Lipinski definition) is 15. The summed E-state index contributed by atoms with van der Waals surface area (Å²) in [5.74, 6) is 0. The Kier molecular flexibility index (Phi) is 7.64. The van der Waals surface area contributed by atoms with E-state index in [0.717, 1.165) is 0 Å². The molecular weight excluding hydrogens is 569 g/mol. The van der Waals surface area contributed by atoms with Crippen LogP contribution >= 0.6 is 40.4 Å². The molecule has 0 unspecified atom stereocenters. The largest absolute Gasteiger partial charge is 0.432 e. The van der Waals surface area contributed by atoms with Crippen LogP contribution in [-0.2, 0) is 69.6 Å². The van der Waals surface area contributed by atoms with Crippen LogP contribution < -0.4 is 13.5 Å².